The zero-order chi connectivity index (χ0) is 26.4. The SMILES string of the molecule is CC(C)(O)c1nc(NC(=O)c2ccc(NS(=O)(=O)CCO)cc2N2CCC3(CC2)CC3)cc2nccn12. The molecular formula is C25H32N6O5S. The van der Waals surface area contributed by atoms with Gasteiger partial charge in [0.25, 0.3) is 5.91 Å². The molecule has 2 aliphatic rings. The summed E-state index contributed by atoms with van der Waals surface area (Å²) >= 11 is 0. The second-order valence-electron chi connectivity index (χ2n) is 10.5. The first kappa shape index (κ1) is 25.4. The van der Waals surface area contributed by atoms with Gasteiger partial charge in [-0.1, -0.05) is 0 Å². The van der Waals surface area contributed by atoms with Crippen LogP contribution >= 0.6 is 0 Å². The van der Waals surface area contributed by atoms with Gasteiger partial charge < -0.3 is 20.4 Å². The molecule has 198 valence electrons. The lowest BCUT2D eigenvalue weighted by Gasteiger charge is -2.35. The standard InChI is InChI=1S/C25H32N6O5S/c1-24(2,34)23-28-20(16-21-26-9-12-31(21)23)27-22(33)18-4-3-17(29-37(35,36)14-13-32)15-19(18)30-10-7-25(5-6-25)8-11-30/h3-4,9,12,15-16,29,32,34H,5-8,10-11,13-14H2,1-2H3,(H,27,33). The highest BCUT2D eigenvalue weighted by Gasteiger charge is 2.44. The smallest absolute Gasteiger partial charge is 0.258 e. The van der Waals surface area contributed by atoms with Gasteiger partial charge in [0.05, 0.1) is 29.3 Å². The van der Waals surface area contributed by atoms with E-state index in [1.807, 2.05) is 0 Å². The zero-order valence-electron chi connectivity index (χ0n) is 20.9. The van der Waals surface area contributed by atoms with Crippen molar-refractivity contribution in [2.45, 2.75) is 45.1 Å². The van der Waals surface area contributed by atoms with Crippen molar-refractivity contribution >= 4 is 38.8 Å². The molecule has 1 amide bonds. The van der Waals surface area contributed by atoms with Crippen molar-refractivity contribution in [1.29, 1.82) is 0 Å². The molecule has 1 saturated heterocycles. The van der Waals surface area contributed by atoms with Gasteiger partial charge in [-0.05, 0) is 63.1 Å². The van der Waals surface area contributed by atoms with Gasteiger partial charge in [0.2, 0.25) is 10.0 Å². The normalized spacial score (nSPS) is 17.2. The molecule has 37 heavy (non-hydrogen) atoms. The number of aliphatic hydroxyl groups excluding tert-OH is 1. The lowest BCUT2D eigenvalue weighted by Crippen LogP contribution is -2.36. The van der Waals surface area contributed by atoms with E-state index in [1.54, 1.807) is 48.8 Å². The fraction of sp³-hybridized carbons (Fsp3) is 0.480. The minimum absolute atomic E-state index is 0.245. The summed E-state index contributed by atoms with van der Waals surface area (Å²) in [5.41, 5.74) is 1.02. The topological polar surface area (TPSA) is 149 Å². The highest BCUT2D eigenvalue weighted by Crippen LogP contribution is 2.54. The number of aliphatic hydroxyl groups is 2. The zero-order valence-corrected chi connectivity index (χ0v) is 21.8. The van der Waals surface area contributed by atoms with Crippen LogP contribution in [0.4, 0.5) is 17.2 Å². The number of amides is 1. The van der Waals surface area contributed by atoms with Gasteiger partial charge in [-0.15, -0.1) is 0 Å². The monoisotopic (exact) mass is 528 g/mol. The number of rotatable bonds is 8. The van der Waals surface area contributed by atoms with Crippen molar-refractivity contribution in [1.82, 2.24) is 14.4 Å². The third kappa shape index (κ3) is 5.41. The van der Waals surface area contributed by atoms with Crippen LogP contribution in [0, 0.1) is 5.41 Å². The predicted octanol–water partition coefficient (Wildman–Crippen LogP) is 2.32. The molecule has 1 spiro atoms. The van der Waals surface area contributed by atoms with E-state index in [9.17, 15) is 18.3 Å². The molecule has 0 unspecified atom stereocenters. The van der Waals surface area contributed by atoms with Crippen LogP contribution in [-0.4, -0.2) is 64.4 Å². The van der Waals surface area contributed by atoms with Crippen LogP contribution < -0.4 is 14.9 Å². The van der Waals surface area contributed by atoms with E-state index in [1.165, 1.54) is 18.9 Å². The summed E-state index contributed by atoms with van der Waals surface area (Å²) in [6.45, 7) is 4.27. The Labute approximate surface area is 215 Å². The largest absolute Gasteiger partial charge is 0.395 e. The van der Waals surface area contributed by atoms with E-state index >= 15 is 0 Å². The number of anilines is 3. The summed E-state index contributed by atoms with van der Waals surface area (Å²) in [5, 5.41) is 22.5. The van der Waals surface area contributed by atoms with Crippen LogP contribution in [0.15, 0.2) is 36.7 Å². The van der Waals surface area contributed by atoms with Gasteiger partial charge >= 0.3 is 0 Å². The third-order valence-corrected chi connectivity index (χ3v) is 8.44. The number of fused-ring (bicyclic) bond motifs is 1. The minimum atomic E-state index is -3.72. The third-order valence-electron chi connectivity index (χ3n) is 7.18. The van der Waals surface area contributed by atoms with Gasteiger partial charge in [-0.2, -0.15) is 0 Å². The van der Waals surface area contributed by atoms with Crippen LogP contribution in [-0.2, 0) is 15.6 Å². The van der Waals surface area contributed by atoms with E-state index < -0.39 is 33.9 Å². The number of carbonyl (C=O) groups is 1. The number of piperidine rings is 1. The number of carbonyl (C=O) groups excluding carboxylic acids is 1. The summed E-state index contributed by atoms with van der Waals surface area (Å²) in [5.74, 6) is -0.244. The van der Waals surface area contributed by atoms with E-state index in [2.05, 4.69) is 24.9 Å². The molecule has 1 aliphatic heterocycles. The quantitative estimate of drug-likeness (QED) is 0.348. The number of aromatic nitrogens is 3. The Bertz CT molecular complexity index is 1430. The van der Waals surface area contributed by atoms with Gasteiger partial charge in [-0.3, -0.25) is 13.9 Å². The van der Waals surface area contributed by atoms with Gasteiger partial charge in [0.1, 0.15) is 22.9 Å². The average molecular weight is 529 g/mol. The minimum Gasteiger partial charge on any atom is -0.395 e. The first-order valence-corrected chi connectivity index (χ1v) is 14.0. The molecule has 4 N–H and O–H groups in total. The maximum absolute atomic E-state index is 13.5. The van der Waals surface area contributed by atoms with Crippen molar-refractivity contribution in [3.8, 4) is 0 Å². The van der Waals surface area contributed by atoms with Crippen LogP contribution in [0.1, 0.15) is 55.7 Å². The lowest BCUT2D eigenvalue weighted by atomic mass is 9.93. The van der Waals surface area contributed by atoms with E-state index in [0.717, 1.165) is 25.9 Å². The summed E-state index contributed by atoms with van der Waals surface area (Å²) in [4.78, 5) is 24.4. The Morgan fingerprint density at radius 1 is 1.16 bits per heavy atom. The maximum atomic E-state index is 13.5. The van der Waals surface area contributed by atoms with E-state index in [0.29, 0.717) is 33.8 Å². The van der Waals surface area contributed by atoms with Crippen LogP contribution in [0.25, 0.3) is 5.65 Å². The first-order valence-electron chi connectivity index (χ1n) is 12.4. The molecule has 0 bridgehead atoms. The van der Waals surface area contributed by atoms with Crippen LogP contribution in [0.3, 0.4) is 0 Å². The van der Waals surface area contributed by atoms with Gasteiger partial charge in [-0.25, -0.2) is 18.4 Å². The number of nitrogens with zero attached hydrogens (tertiary/aromatic N) is 4. The highest BCUT2D eigenvalue weighted by molar-refractivity contribution is 7.92. The molecule has 0 atom stereocenters. The molecule has 0 radical (unpaired) electrons. The summed E-state index contributed by atoms with van der Waals surface area (Å²) < 4.78 is 28.6. The number of sulfonamides is 1. The molecule has 12 heteroatoms. The second-order valence-corrected chi connectivity index (χ2v) is 12.3. The van der Waals surface area contributed by atoms with Crippen LogP contribution in [0.2, 0.25) is 0 Å². The van der Waals surface area contributed by atoms with Crippen molar-refractivity contribution in [2.75, 3.05) is 40.4 Å². The molecular weight excluding hydrogens is 496 g/mol. The molecule has 5 rings (SSSR count). The Kier molecular flexibility index (Phi) is 6.37. The summed E-state index contributed by atoms with van der Waals surface area (Å²) in [7, 11) is -3.72. The van der Waals surface area contributed by atoms with Gasteiger partial charge in [0.15, 0.2) is 0 Å². The predicted molar refractivity (Wildman–Crippen MR) is 140 cm³/mol. The maximum Gasteiger partial charge on any atom is 0.258 e. The van der Waals surface area contributed by atoms with E-state index in [-0.39, 0.29) is 5.82 Å². The van der Waals surface area contributed by atoms with Crippen molar-refractivity contribution < 1.29 is 23.4 Å². The number of imidazole rings is 1. The molecule has 2 aromatic heterocycles. The molecule has 1 saturated carbocycles. The Morgan fingerprint density at radius 3 is 2.54 bits per heavy atom. The van der Waals surface area contributed by atoms with Gasteiger partial charge in [0, 0.05) is 31.5 Å². The fourth-order valence-electron chi connectivity index (χ4n) is 4.90. The number of hydrogen-bond donors (Lipinski definition) is 4. The first-order chi connectivity index (χ1) is 17.5. The Hall–Kier alpha value is -3.22. The molecule has 2 fully saturated rings. The number of hydrogen-bond acceptors (Lipinski definition) is 8. The van der Waals surface area contributed by atoms with E-state index in [4.69, 9.17) is 5.11 Å². The fourth-order valence-corrected chi connectivity index (χ4v) is 5.73. The number of benzene rings is 1. The second kappa shape index (κ2) is 9.26. The molecule has 1 aliphatic carbocycles. The summed E-state index contributed by atoms with van der Waals surface area (Å²) in [6.07, 6.45) is 7.82. The Morgan fingerprint density at radius 2 is 1.89 bits per heavy atom. The molecule has 11 nitrogen and oxygen atoms in total. The van der Waals surface area contributed by atoms with Crippen molar-refractivity contribution in [3.05, 3.63) is 48.0 Å². The summed E-state index contributed by atoms with van der Waals surface area (Å²) in [6, 6.07) is 6.42. The van der Waals surface area contributed by atoms with Crippen molar-refractivity contribution in [2.24, 2.45) is 5.41 Å². The Balaban J connectivity index is 1.47. The molecule has 3 heterocycles. The number of nitrogens with one attached hydrogen (secondary N) is 2. The van der Waals surface area contributed by atoms with Crippen LogP contribution in [0.5, 0.6) is 0 Å². The highest BCUT2D eigenvalue weighted by atomic mass is 32.2. The molecule has 3 aromatic rings. The lowest BCUT2D eigenvalue weighted by molar-refractivity contribution is 0.0674. The van der Waals surface area contributed by atoms with Crippen molar-refractivity contribution in [3.63, 3.8) is 0 Å². The average Bonchev–Trinajstić information content (AvgIpc) is 3.40. The molecule has 1 aromatic carbocycles.